The molecule has 1 heterocycles. The van der Waals surface area contributed by atoms with Crippen LogP contribution in [0.4, 0.5) is 5.69 Å². The third-order valence-electron chi connectivity index (χ3n) is 3.65. The molecule has 2 rings (SSSR count). The molecule has 1 amide bonds. The zero-order valence-electron chi connectivity index (χ0n) is 12.0. The van der Waals surface area contributed by atoms with Crippen LogP contribution in [0.1, 0.15) is 6.92 Å². The summed E-state index contributed by atoms with van der Waals surface area (Å²) in [7, 11) is 0. The van der Waals surface area contributed by atoms with Crippen LogP contribution in [0, 0.1) is 5.92 Å². The van der Waals surface area contributed by atoms with Gasteiger partial charge in [-0.1, -0.05) is 18.2 Å². The number of rotatable bonds is 6. The maximum Gasteiger partial charge on any atom is 0.311 e. The van der Waals surface area contributed by atoms with Gasteiger partial charge in [-0.05, 0) is 19.1 Å². The third kappa shape index (κ3) is 3.72. The first kappa shape index (κ1) is 15.3. The highest BCUT2D eigenvalue weighted by Crippen LogP contribution is 2.20. The number of aliphatic carboxylic acids is 1. The molecule has 6 heteroatoms. The average Bonchev–Trinajstić information content (AvgIpc) is 2.96. The fraction of sp³-hybridized carbons (Fsp3) is 0.467. The fourth-order valence-corrected chi connectivity index (χ4v) is 2.52. The molecule has 0 spiro atoms. The first-order chi connectivity index (χ1) is 10.1. The molecular weight excluding hydrogens is 272 g/mol. The molecule has 0 bridgehead atoms. The van der Waals surface area contributed by atoms with E-state index in [0.717, 1.165) is 5.69 Å². The van der Waals surface area contributed by atoms with Gasteiger partial charge >= 0.3 is 5.97 Å². The lowest BCUT2D eigenvalue weighted by molar-refractivity contribution is -0.144. The Morgan fingerprint density at radius 1 is 1.33 bits per heavy atom. The second-order valence-corrected chi connectivity index (χ2v) is 4.95. The van der Waals surface area contributed by atoms with Crippen molar-refractivity contribution in [3.63, 3.8) is 0 Å². The van der Waals surface area contributed by atoms with E-state index in [2.05, 4.69) is 5.32 Å². The first-order valence-corrected chi connectivity index (χ1v) is 7.02. The van der Waals surface area contributed by atoms with Crippen LogP contribution in [0.2, 0.25) is 0 Å². The molecule has 0 saturated carbocycles. The molecule has 21 heavy (non-hydrogen) atoms. The van der Waals surface area contributed by atoms with Crippen molar-refractivity contribution in [2.45, 2.75) is 13.0 Å². The van der Waals surface area contributed by atoms with E-state index >= 15 is 0 Å². The van der Waals surface area contributed by atoms with E-state index in [0.29, 0.717) is 6.54 Å². The van der Waals surface area contributed by atoms with Gasteiger partial charge < -0.3 is 20.1 Å². The normalized spacial score (nSPS) is 21.0. The molecule has 2 N–H and O–H groups in total. The molecule has 2 unspecified atom stereocenters. The molecule has 0 aliphatic carbocycles. The number of carboxylic acid groups (broad SMARTS) is 1. The molecule has 114 valence electrons. The summed E-state index contributed by atoms with van der Waals surface area (Å²) in [4.78, 5) is 25.1. The Morgan fingerprint density at radius 2 is 2.05 bits per heavy atom. The summed E-state index contributed by atoms with van der Waals surface area (Å²) in [5.41, 5.74) is 0.861. The quantitative estimate of drug-likeness (QED) is 0.819. The van der Waals surface area contributed by atoms with Gasteiger partial charge in [-0.2, -0.15) is 0 Å². The number of nitrogens with one attached hydrogen (secondary N) is 1. The monoisotopic (exact) mass is 292 g/mol. The predicted octanol–water partition coefficient (Wildman–Crippen LogP) is 1.05. The van der Waals surface area contributed by atoms with Crippen LogP contribution in [-0.2, 0) is 14.3 Å². The molecule has 1 aliphatic heterocycles. The van der Waals surface area contributed by atoms with Gasteiger partial charge in [-0.3, -0.25) is 9.59 Å². The zero-order chi connectivity index (χ0) is 15.2. The zero-order valence-corrected chi connectivity index (χ0v) is 12.0. The van der Waals surface area contributed by atoms with E-state index < -0.39 is 17.9 Å². The van der Waals surface area contributed by atoms with Gasteiger partial charge in [0.15, 0.2) is 0 Å². The van der Waals surface area contributed by atoms with Crippen molar-refractivity contribution in [2.24, 2.45) is 5.92 Å². The Hall–Kier alpha value is -2.08. The predicted molar refractivity (Wildman–Crippen MR) is 78.1 cm³/mol. The number of benzene rings is 1. The number of carbonyl (C=O) groups excluding carboxylic acids is 1. The summed E-state index contributed by atoms with van der Waals surface area (Å²) in [6, 6.07) is 9.03. The lowest BCUT2D eigenvalue weighted by Crippen LogP contribution is -2.48. The number of carboxylic acids is 1. The van der Waals surface area contributed by atoms with Crippen LogP contribution in [0.5, 0.6) is 0 Å². The molecule has 1 aromatic carbocycles. The highest BCUT2D eigenvalue weighted by molar-refractivity contribution is 5.82. The Kier molecular flexibility index (Phi) is 5.16. The molecule has 1 saturated heterocycles. The molecule has 1 aliphatic rings. The van der Waals surface area contributed by atoms with Crippen molar-refractivity contribution in [3.8, 4) is 0 Å². The van der Waals surface area contributed by atoms with Crippen LogP contribution in [0.25, 0.3) is 0 Å². The van der Waals surface area contributed by atoms with E-state index in [1.807, 2.05) is 37.3 Å². The van der Waals surface area contributed by atoms with E-state index in [-0.39, 0.29) is 25.7 Å². The average molecular weight is 292 g/mol. The maximum absolute atomic E-state index is 12.3. The van der Waals surface area contributed by atoms with Gasteiger partial charge in [0, 0.05) is 12.2 Å². The standard InChI is InChI=1S/C15H20N2O4/c1-2-17(13-10-21-9-12(13)15(19)20)14(18)8-16-11-6-4-3-5-7-11/h3-7,12-13,16H,2,8-10H2,1H3,(H,19,20). The van der Waals surface area contributed by atoms with Crippen molar-refractivity contribution < 1.29 is 19.4 Å². The van der Waals surface area contributed by atoms with Crippen LogP contribution in [-0.4, -0.2) is 54.2 Å². The minimum absolute atomic E-state index is 0.122. The maximum atomic E-state index is 12.3. The number of hydrogen-bond donors (Lipinski definition) is 2. The number of amides is 1. The van der Waals surface area contributed by atoms with E-state index in [4.69, 9.17) is 4.74 Å². The molecular formula is C15H20N2O4. The number of likely N-dealkylation sites (N-methyl/N-ethyl adjacent to an activating group) is 1. The van der Waals surface area contributed by atoms with Gasteiger partial charge in [-0.15, -0.1) is 0 Å². The van der Waals surface area contributed by atoms with Crippen molar-refractivity contribution >= 4 is 17.6 Å². The summed E-state index contributed by atoms with van der Waals surface area (Å²) in [5.74, 6) is -1.69. The van der Waals surface area contributed by atoms with Crippen molar-refractivity contribution in [1.29, 1.82) is 0 Å². The summed E-state index contributed by atoms with van der Waals surface area (Å²) in [6.45, 7) is 2.89. The second kappa shape index (κ2) is 7.08. The number of nitrogens with zero attached hydrogens (tertiary/aromatic N) is 1. The van der Waals surface area contributed by atoms with Crippen LogP contribution in [0.3, 0.4) is 0 Å². The number of anilines is 1. The molecule has 1 aromatic rings. The van der Waals surface area contributed by atoms with Gasteiger partial charge in [0.2, 0.25) is 5.91 Å². The molecule has 2 atom stereocenters. The highest BCUT2D eigenvalue weighted by atomic mass is 16.5. The summed E-state index contributed by atoms with van der Waals surface area (Å²) >= 11 is 0. The number of hydrogen-bond acceptors (Lipinski definition) is 4. The molecule has 0 aromatic heterocycles. The number of carbonyl (C=O) groups is 2. The summed E-state index contributed by atoms with van der Waals surface area (Å²) in [5, 5.41) is 12.2. The van der Waals surface area contributed by atoms with Gasteiger partial charge in [0.1, 0.15) is 5.92 Å². The SMILES string of the molecule is CCN(C(=O)CNc1ccccc1)C1COCC1C(=O)O. The Bertz CT molecular complexity index is 492. The van der Waals surface area contributed by atoms with E-state index in [1.165, 1.54) is 0 Å². The van der Waals surface area contributed by atoms with Crippen molar-refractivity contribution in [3.05, 3.63) is 30.3 Å². The molecule has 1 fully saturated rings. The summed E-state index contributed by atoms with van der Waals surface area (Å²) in [6.07, 6.45) is 0. The second-order valence-electron chi connectivity index (χ2n) is 4.95. The molecule has 6 nitrogen and oxygen atoms in total. The Morgan fingerprint density at radius 3 is 2.67 bits per heavy atom. The number of ether oxygens (including phenoxy) is 1. The van der Waals surface area contributed by atoms with Crippen molar-refractivity contribution in [2.75, 3.05) is 31.6 Å². The van der Waals surface area contributed by atoms with Gasteiger partial charge in [-0.25, -0.2) is 0 Å². The van der Waals surface area contributed by atoms with Crippen LogP contribution in [0.15, 0.2) is 30.3 Å². The molecule has 0 radical (unpaired) electrons. The van der Waals surface area contributed by atoms with Crippen molar-refractivity contribution in [1.82, 2.24) is 4.90 Å². The highest BCUT2D eigenvalue weighted by Gasteiger charge is 2.39. The Balaban J connectivity index is 1.97. The van der Waals surface area contributed by atoms with E-state index in [9.17, 15) is 14.7 Å². The third-order valence-corrected chi connectivity index (χ3v) is 3.65. The lowest BCUT2D eigenvalue weighted by atomic mass is 10.0. The smallest absolute Gasteiger partial charge is 0.311 e. The lowest BCUT2D eigenvalue weighted by Gasteiger charge is -2.29. The largest absolute Gasteiger partial charge is 0.481 e. The minimum Gasteiger partial charge on any atom is -0.481 e. The topological polar surface area (TPSA) is 78.9 Å². The Labute approximate surface area is 123 Å². The van der Waals surface area contributed by atoms with Gasteiger partial charge in [0.05, 0.1) is 25.8 Å². The number of para-hydroxylation sites is 1. The first-order valence-electron chi connectivity index (χ1n) is 7.02. The van der Waals surface area contributed by atoms with Crippen LogP contribution < -0.4 is 5.32 Å². The summed E-state index contributed by atoms with van der Waals surface area (Å²) < 4.78 is 5.23. The fourth-order valence-electron chi connectivity index (χ4n) is 2.52. The van der Waals surface area contributed by atoms with E-state index in [1.54, 1.807) is 4.90 Å². The van der Waals surface area contributed by atoms with Crippen LogP contribution >= 0.6 is 0 Å². The van der Waals surface area contributed by atoms with Gasteiger partial charge in [0.25, 0.3) is 0 Å². The minimum atomic E-state index is -0.917.